The molecule has 2 aromatic rings. The van der Waals surface area contributed by atoms with Gasteiger partial charge in [-0.05, 0) is 52.3 Å². The van der Waals surface area contributed by atoms with Gasteiger partial charge >= 0.3 is 0 Å². The number of rotatable bonds is 5. The molecule has 1 aromatic carbocycles. The maximum absolute atomic E-state index is 12.7. The van der Waals surface area contributed by atoms with Crippen molar-refractivity contribution in [3.8, 4) is 0 Å². The third-order valence-electron chi connectivity index (χ3n) is 3.48. The standard InChI is InChI=1S/C17H23N3O3S2/c1-6-15(19-24(21)17(3,4)5)16-11-12-20(18-16)25(22,23)14-9-7-13(2)8-10-14/h7-12H,6H2,1-5H3/t24-/m0/s1. The first-order valence-electron chi connectivity index (χ1n) is 7.93. The summed E-state index contributed by atoms with van der Waals surface area (Å²) in [6.07, 6.45) is 1.89. The van der Waals surface area contributed by atoms with E-state index in [2.05, 4.69) is 9.50 Å². The molecule has 8 heteroatoms. The van der Waals surface area contributed by atoms with Crippen molar-refractivity contribution < 1.29 is 12.6 Å². The molecule has 0 aliphatic carbocycles. The molecule has 0 unspecified atom stereocenters. The predicted octanol–water partition coefficient (Wildman–Crippen LogP) is 3.09. The summed E-state index contributed by atoms with van der Waals surface area (Å²) in [5.41, 5.74) is 1.91. The smallest absolute Gasteiger partial charge is 0.234 e. The zero-order valence-electron chi connectivity index (χ0n) is 15.1. The third kappa shape index (κ3) is 4.43. The normalized spacial score (nSPS) is 14.5. The molecule has 0 bridgehead atoms. The van der Waals surface area contributed by atoms with Crippen LogP contribution in [0.2, 0.25) is 0 Å². The Morgan fingerprint density at radius 1 is 1.20 bits per heavy atom. The molecule has 0 radical (unpaired) electrons. The van der Waals surface area contributed by atoms with Crippen molar-refractivity contribution in [1.29, 1.82) is 0 Å². The van der Waals surface area contributed by atoms with Gasteiger partial charge in [-0.2, -0.15) is 22.0 Å². The average Bonchev–Trinajstić information content (AvgIpc) is 3.02. The van der Waals surface area contributed by atoms with E-state index in [1.807, 2.05) is 34.6 Å². The van der Waals surface area contributed by atoms with Crippen LogP contribution >= 0.6 is 0 Å². The lowest BCUT2D eigenvalue weighted by atomic mass is 10.2. The van der Waals surface area contributed by atoms with Gasteiger partial charge in [-0.1, -0.05) is 24.6 Å². The first-order valence-corrected chi connectivity index (χ1v) is 10.5. The Bertz CT molecular complexity index is 905. The van der Waals surface area contributed by atoms with Gasteiger partial charge < -0.3 is 0 Å². The SMILES string of the molecule is CCC(=N[S@@](=O)C(C)(C)C)c1ccn(S(=O)(=O)c2ccc(C)cc2)n1. The molecule has 0 amide bonds. The number of nitrogens with zero attached hydrogens (tertiary/aromatic N) is 3. The second kappa shape index (κ2) is 7.21. The molecule has 1 heterocycles. The maximum Gasteiger partial charge on any atom is 0.282 e. The first kappa shape index (κ1) is 19.5. The highest BCUT2D eigenvalue weighted by Gasteiger charge is 2.22. The van der Waals surface area contributed by atoms with Crippen molar-refractivity contribution in [3.63, 3.8) is 0 Å². The third-order valence-corrected chi connectivity index (χ3v) is 6.48. The second-order valence-electron chi connectivity index (χ2n) is 6.64. The molecule has 0 N–H and O–H groups in total. The topological polar surface area (TPSA) is 81.4 Å². The summed E-state index contributed by atoms with van der Waals surface area (Å²) in [5, 5.41) is 4.15. The molecule has 0 aliphatic rings. The van der Waals surface area contributed by atoms with E-state index in [0.29, 0.717) is 17.8 Å². The van der Waals surface area contributed by atoms with Crippen LogP contribution in [0.4, 0.5) is 0 Å². The van der Waals surface area contributed by atoms with E-state index in [0.717, 1.165) is 9.65 Å². The van der Waals surface area contributed by atoms with Gasteiger partial charge in [0.2, 0.25) is 0 Å². The largest absolute Gasteiger partial charge is 0.282 e. The van der Waals surface area contributed by atoms with E-state index in [4.69, 9.17) is 0 Å². The summed E-state index contributed by atoms with van der Waals surface area (Å²) >= 11 is 0. The Balaban J connectivity index is 2.40. The number of benzene rings is 1. The molecule has 136 valence electrons. The Labute approximate surface area is 151 Å². The number of aromatic nitrogens is 2. The lowest BCUT2D eigenvalue weighted by Gasteiger charge is -2.14. The fourth-order valence-corrected chi connectivity index (χ4v) is 3.75. The molecular weight excluding hydrogens is 358 g/mol. The van der Waals surface area contributed by atoms with Gasteiger partial charge in [0.1, 0.15) is 16.7 Å². The zero-order chi connectivity index (χ0) is 18.8. The van der Waals surface area contributed by atoms with Crippen LogP contribution in [0, 0.1) is 6.92 Å². The molecule has 1 atom stereocenters. The Kier molecular flexibility index (Phi) is 5.63. The summed E-state index contributed by atoms with van der Waals surface area (Å²) in [5.74, 6) is 0. The Morgan fingerprint density at radius 2 is 1.80 bits per heavy atom. The van der Waals surface area contributed by atoms with E-state index in [-0.39, 0.29) is 4.90 Å². The minimum absolute atomic E-state index is 0.168. The maximum atomic E-state index is 12.7. The average molecular weight is 382 g/mol. The Hall–Kier alpha value is -1.80. The van der Waals surface area contributed by atoms with Crippen molar-refractivity contribution in [2.24, 2.45) is 4.40 Å². The van der Waals surface area contributed by atoms with Crippen LogP contribution in [0.1, 0.15) is 45.4 Å². The van der Waals surface area contributed by atoms with Crippen LogP contribution in [0.15, 0.2) is 45.8 Å². The van der Waals surface area contributed by atoms with Crippen LogP contribution in [0.25, 0.3) is 0 Å². The summed E-state index contributed by atoms with van der Waals surface area (Å²) < 4.78 is 42.2. The second-order valence-corrected chi connectivity index (χ2v) is 10.3. The summed E-state index contributed by atoms with van der Waals surface area (Å²) in [6.45, 7) is 9.26. The molecule has 0 spiro atoms. The van der Waals surface area contributed by atoms with Crippen molar-refractivity contribution in [3.05, 3.63) is 47.8 Å². The fraction of sp³-hybridized carbons (Fsp3) is 0.412. The van der Waals surface area contributed by atoms with Crippen molar-refractivity contribution >= 4 is 26.7 Å². The lowest BCUT2D eigenvalue weighted by Crippen LogP contribution is -2.21. The monoisotopic (exact) mass is 381 g/mol. The Morgan fingerprint density at radius 3 is 2.32 bits per heavy atom. The van der Waals surface area contributed by atoms with Gasteiger partial charge in [0.15, 0.2) is 0 Å². The highest BCUT2D eigenvalue weighted by atomic mass is 32.2. The molecular formula is C17H23N3O3S2. The highest BCUT2D eigenvalue weighted by molar-refractivity contribution is 7.89. The summed E-state index contributed by atoms with van der Waals surface area (Å²) in [6, 6.07) is 8.16. The molecule has 6 nitrogen and oxygen atoms in total. The summed E-state index contributed by atoms with van der Waals surface area (Å²) in [4.78, 5) is 0.168. The number of hydrogen-bond donors (Lipinski definition) is 0. The van der Waals surface area contributed by atoms with Gasteiger partial charge in [0, 0.05) is 6.20 Å². The fourth-order valence-electron chi connectivity index (χ4n) is 1.94. The van der Waals surface area contributed by atoms with Crippen LogP contribution in [-0.4, -0.2) is 32.3 Å². The van der Waals surface area contributed by atoms with Gasteiger partial charge in [-0.15, -0.1) is 0 Å². The van der Waals surface area contributed by atoms with Gasteiger partial charge in [-0.3, -0.25) is 0 Å². The van der Waals surface area contributed by atoms with E-state index in [1.54, 1.807) is 30.3 Å². The molecule has 0 saturated heterocycles. The van der Waals surface area contributed by atoms with Gasteiger partial charge in [0.05, 0.1) is 15.4 Å². The minimum atomic E-state index is -3.76. The first-order chi connectivity index (χ1) is 11.6. The van der Waals surface area contributed by atoms with Crippen molar-refractivity contribution in [1.82, 2.24) is 9.19 Å². The molecule has 0 saturated carbocycles. The number of aryl methyl sites for hydroxylation is 1. The molecule has 25 heavy (non-hydrogen) atoms. The van der Waals surface area contributed by atoms with Crippen LogP contribution in [0.5, 0.6) is 0 Å². The quantitative estimate of drug-likeness (QED) is 0.745. The molecule has 2 rings (SSSR count). The van der Waals surface area contributed by atoms with E-state index >= 15 is 0 Å². The molecule has 0 fully saturated rings. The van der Waals surface area contributed by atoms with E-state index < -0.39 is 25.8 Å². The van der Waals surface area contributed by atoms with E-state index in [9.17, 15) is 12.6 Å². The van der Waals surface area contributed by atoms with Gasteiger partial charge in [0.25, 0.3) is 10.0 Å². The van der Waals surface area contributed by atoms with Crippen molar-refractivity contribution in [2.45, 2.75) is 50.7 Å². The van der Waals surface area contributed by atoms with Crippen molar-refractivity contribution in [2.75, 3.05) is 0 Å². The van der Waals surface area contributed by atoms with Crippen LogP contribution in [-0.2, 0) is 21.0 Å². The van der Waals surface area contributed by atoms with Crippen LogP contribution < -0.4 is 0 Å². The highest BCUT2D eigenvalue weighted by Crippen LogP contribution is 2.17. The summed E-state index contributed by atoms with van der Waals surface area (Å²) in [7, 11) is -5.19. The molecule has 1 aromatic heterocycles. The lowest BCUT2D eigenvalue weighted by molar-refractivity contribution is 0.580. The minimum Gasteiger partial charge on any atom is -0.234 e. The van der Waals surface area contributed by atoms with Crippen LogP contribution in [0.3, 0.4) is 0 Å². The molecule has 0 aliphatic heterocycles. The van der Waals surface area contributed by atoms with E-state index in [1.165, 1.54) is 6.20 Å². The zero-order valence-corrected chi connectivity index (χ0v) is 16.7. The predicted molar refractivity (Wildman–Crippen MR) is 101 cm³/mol. The number of hydrogen-bond acceptors (Lipinski definition) is 4. The van der Waals surface area contributed by atoms with Gasteiger partial charge in [-0.25, -0.2) is 4.21 Å².